The van der Waals surface area contributed by atoms with Crippen molar-refractivity contribution in [1.29, 1.82) is 0 Å². The van der Waals surface area contributed by atoms with Crippen LogP contribution >= 0.6 is 11.6 Å². The molecule has 0 bridgehead atoms. The van der Waals surface area contributed by atoms with Crippen molar-refractivity contribution in [3.63, 3.8) is 0 Å². The predicted molar refractivity (Wildman–Crippen MR) is 165 cm³/mol. The van der Waals surface area contributed by atoms with Crippen molar-refractivity contribution in [2.45, 2.75) is 69.1 Å². The van der Waals surface area contributed by atoms with Crippen LogP contribution in [0.4, 0.5) is 5.69 Å². The Bertz CT molecular complexity index is 1460. The highest BCUT2D eigenvalue weighted by Crippen LogP contribution is 2.46. The Morgan fingerprint density at radius 2 is 2.00 bits per heavy atom. The smallest absolute Gasteiger partial charge is 0.335 e. The lowest BCUT2D eigenvalue weighted by atomic mass is 9.68. The second-order valence-corrected chi connectivity index (χ2v) is 15.0. The molecule has 10 heteroatoms. The van der Waals surface area contributed by atoms with E-state index in [9.17, 15) is 23.4 Å². The Kier molecular flexibility index (Phi) is 8.95. The number of aliphatic hydroxyl groups is 1. The second kappa shape index (κ2) is 12.2. The number of aromatic carboxylic acids is 1. The number of anilines is 1. The van der Waals surface area contributed by atoms with Gasteiger partial charge >= 0.3 is 5.97 Å². The maximum Gasteiger partial charge on any atom is 0.335 e. The molecule has 3 aliphatic rings. The van der Waals surface area contributed by atoms with Crippen LogP contribution in [0, 0.1) is 17.8 Å². The van der Waals surface area contributed by atoms with Gasteiger partial charge in [-0.2, -0.15) is 0 Å². The molecule has 1 saturated carbocycles. The third kappa shape index (κ3) is 6.49. The van der Waals surface area contributed by atoms with Gasteiger partial charge in [-0.1, -0.05) is 36.7 Å². The maximum absolute atomic E-state index is 11.9. The summed E-state index contributed by atoms with van der Waals surface area (Å²) < 4.78 is 29.7. The van der Waals surface area contributed by atoms with Gasteiger partial charge in [-0.15, -0.1) is 0 Å². The van der Waals surface area contributed by atoms with Gasteiger partial charge in [0.1, 0.15) is 5.75 Å². The van der Waals surface area contributed by atoms with E-state index < -0.39 is 27.3 Å². The van der Waals surface area contributed by atoms with Crippen LogP contribution in [0.3, 0.4) is 0 Å². The summed E-state index contributed by atoms with van der Waals surface area (Å²) >= 11 is 6.36. The lowest BCUT2D eigenvalue weighted by Gasteiger charge is -2.45. The van der Waals surface area contributed by atoms with Gasteiger partial charge in [0.2, 0.25) is 10.0 Å². The van der Waals surface area contributed by atoms with Crippen molar-refractivity contribution in [1.82, 2.24) is 0 Å². The Balaban J connectivity index is 1.39. The van der Waals surface area contributed by atoms with Crippen molar-refractivity contribution < 1.29 is 28.2 Å². The molecule has 2 aliphatic carbocycles. The highest BCUT2D eigenvalue weighted by atomic mass is 35.5. The molecule has 1 spiro atoms. The number of aliphatic hydroxyl groups excluding tert-OH is 1. The monoisotopic (exact) mass is 616 g/mol. The first-order valence-corrected chi connectivity index (χ1v) is 16.8. The largest absolute Gasteiger partial charge is 0.490 e. The molecule has 2 aromatic carbocycles. The summed E-state index contributed by atoms with van der Waals surface area (Å²) in [5.74, 6) is -0.106. The van der Waals surface area contributed by atoms with Gasteiger partial charge in [-0.25, -0.2) is 18.4 Å². The minimum absolute atomic E-state index is 0.0460. The van der Waals surface area contributed by atoms with Gasteiger partial charge in [0, 0.05) is 23.5 Å². The fourth-order valence-electron chi connectivity index (χ4n) is 6.98. The number of hydrogen-bond acceptors (Lipinski definition) is 6. The zero-order valence-electron chi connectivity index (χ0n) is 24.2. The molecule has 228 valence electrons. The molecular weight excluding hydrogens is 576 g/mol. The van der Waals surface area contributed by atoms with E-state index in [0.29, 0.717) is 31.9 Å². The fourth-order valence-corrected chi connectivity index (χ4v) is 7.75. The summed E-state index contributed by atoms with van der Waals surface area (Å²) in [6.45, 7) is 5.35. The number of sulfonamides is 1. The molecule has 1 fully saturated rings. The van der Waals surface area contributed by atoms with Gasteiger partial charge < -0.3 is 19.8 Å². The number of nitrogens with zero attached hydrogens (tertiary/aromatic N) is 1. The van der Waals surface area contributed by atoms with Gasteiger partial charge in [0.25, 0.3) is 0 Å². The molecule has 6 atom stereocenters. The number of primary sulfonamides is 1. The minimum atomic E-state index is -3.60. The number of ether oxygens (including phenoxy) is 1. The average Bonchev–Trinajstić information content (AvgIpc) is 3.06. The lowest BCUT2D eigenvalue weighted by Crippen LogP contribution is -2.49. The van der Waals surface area contributed by atoms with E-state index in [0.717, 1.165) is 42.8 Å². The first kappa shape index (κ1) is 30.9. The van der Waals surface area contributed by atoms with Crippen LogP contribution < -0.4 is 14.8 Å². The number of aryl methyl sites for hydroxylation is 1. The quantitative estimate of drug-likeness (QED) is 0.332. The van der Waals surface area contributed by atoms with Gasteiger partial charge in [0.05, 0.1) is 29.2 Å². The number of carboxylic acids is 1. The molecule has 4 N–H and O–H groups in total. The number of nitrogens with two attached hydrogens (primary N) is 1. The van der Waals surface area contributed by atoms with E-state index in [2.05, 4.69) is 17.0 Å². The van der Waals surface area contributed by atoms with Gasteiger partial charge in [-0.05, 0) is 105 Å². The summed E-state index contributed by atoms with van der Waals surface area (Å²) in [5.41, 5.74) is 3.19. The van der Waals surface area contributed by atoms with E-state index in [1.807, 2.05) is 19.1 Å². The molecule has 42 heavy (non-hydrogen) atoms. The summed E-state index contributed by atoms with van der Waals surface area (Å²) in [7, 11) is -3.60. The average molecular weight is 617 g/mol. The topological polar surface area (TPSA) is 130 Å². The van der Waals surface area contributed by atoms with Crippen LogP contribution in [0.15, 0.2) is 48.6 Å². The third-order valence-electron chi connectivity index (χ3n) is 9.56. The molecule has 1 aliphatic heterocycles. The zero-order chi connectivity index (χ0) is 30.2. The van der Waals surface area contributed by atoms with Gasteiger partial charge in [0.15, 0.2) is 0 Å². The van der Waals surface area contributed by atoms with Crippen molar-refractivity contribution in [3.8, 4) is 5.75 Å². The van der Waals surface area contributed by atoms with Crippen molar-refractivity contribution >= 4 is 33.3 Å². The molecule has 0 radical (unpaired) electrons. The zero-order valence-corrected chi connectivity index (χ0v) is 25.8. The van der Waals surface area contributed by atoms with Crippen LogP contribution in [-0.2, 0) is 21.9 Å². The van der Waals surface area contributed by atoms with E-state index in [1.54, 1.807) is 31.2 Å². The van der Waals surface area contributed by atoms with Crippen LogP contribution in [-0.4, -0.2) is 55.7 Å². The van der Waals surface area contributed by atoms with Crippen molar-refractivity contribution in [3.05, 3.63) is 70.3 Å². The molecule has 0 amide bonds. The Morgan fingerprint density at radius 3 is 2.69 bits per heavy atom. The number of carbonyl (C=O) groups is 1. The van der Waals surface area contributed by atoms with Crippen LogP contribution in [0.5, 0.6) is 5.75 Å². The summed E-state index contributed by atoms with van der Waals surface area (Å²) in [6.07, 6.45) is 8.18. The molecular formula is C32H41ClN2O6S. The van der Waals surface area contributed by atoms with E-state index in [4.69, 9.17) is 21.5 Å². The Morgan fingerprint density at radius 1 is 1.21 bits per heavy atom. The number of allylic oxidation sites excluding steroid dienone is 1. The second-order valence-electron chi connectivity index (χ2n) is 12.6. The molecule has 2 aromatic rings. The predicted octanol–water partition coefficient (Wildman–Crippen LogP) is 5.16. The number of rotatable bonds is 9. The normalized spacial score (nSPS) is 26.0. The highest BCUT2D eigenvalue weighted by molar-refractivity contribution is 7.89. The van der Waals surface area contributed by atoms with Crippen LogP contribution in [0.25, 0.3) is 0 Å². The standard InChI is InChI=1S/C32H41ClN2O6S/c1-20(14-21(2)42(34,39)40)5-11-29(36)26-9-6-24(26)17-35-18-32(13-3-4-22-15-25(33)8-10-27(22)32)19-41-30-12-7-23(31(37)38)16-28(30)35/h5,7-8,10-12,15-16,20-21,24,26,29,36H,3-4,6,9,13-14,17-19H2,1-2H3,(H,37,38)(H2,34,39,40)/b11-5+/t20-,21+,24-,26+,29?,32-/m0/s1. The first-order chi connectivity index (χ1) is 19.9. The molecule has 5 rings (SSSR count). The number of benzene rings is 2. The summed E-state index contributed by atoms with van der Waals surface area (Å²) in [4.78, 5) is 14.2. The number of hydrogen-bond donors (Lipinski definition) is 3. The number of fused-ring (bicyclic) bond motifs is 3. The highest BCUT2D eigenvalue weighted by Gasteiger charge is 2.44. The molecule has 8 nitrogen and oxygen atoms in total. The van der Waals surface area contributed by atoms with Crippen molar-refractivity contribution in [2.75, 3.05) is 24.6 Å². The van der Waals surface area contributed by atoms with Gasteiger partial charge in [-0.3, -0.25) is 0 Å². The number of halogens is 1. The van der Waals surface area contributed by atoms with E-state index in [1.165, 1.54) is 11.1 Å². The molecule has 0 aromatic heterocycles. The van der Waals surface area contributed by atoms with Crippen molar-refractivity contribution in [2.24, 2.45) is 22.9 Å². The number of carboxylic acid groups (broad SMARTS) is 1. The Labute approximate surface area is 253 Å². The summed E-state index contributed by atoms with van der Waals surface area (Å²) in [6, 6.07) is 11.2. The Hall–Kier alpha value is -2.59. The molecule has 1 heterocycles. The third-order valence-corrected chi connectivity index (χ3v) is 11.1. The minimum Gasteiger partial charge on any atom is -0.490 e. The first-order valence-electron chi connectivity index (χ1n) is 14.8. The maximum atomic E-state index is 11.9. The van der Waals surface area contributed by atoms with E-state index >= 15 is 0 Å². The molecule has 1 unspecified atom stereocenters. The van der Waals surface area contributed by atoms with Crippen LogP contribution in [0.1, 0.15) is 67.4 Å². The SMILES string of the molecule is C[C@H](C[C@@H](C)/C=C/C(O)[C@@H]1CC[C@H]1CN1C[C@@]2(CCCc3cc(Cl)ccc32)COc2ccc(C(=O)O)cc21)S(N)(=O)=O. The van der Waals surface area contributed by atoms with E-state index in [-0.39, 0.29) is 28.7 Å². The lowest BCUT2D eigenvalue weighted by molar-refractivity contribution is 0.0454. The summed E-state index contributed by atoms with van der Waals surface area (Å²) in [5, 5.41) is 26.2. The fraction of sp³-hybridized carbons (Fsp3) is 0.531. The molecule has 0 saturated heterocycles. The van der Waals surface area contributed by atoms with Crippen LogP contribution in [0.2, 0.25) is 5.02 Å².